The van der Waals surface area contributed by atoms with Gasteiger partial charge in [-0.1, -0.05) is 60.7 Å². The molecule has 1 heterocycles. The number of likely N-dealkylation sites (tertiary alicyclic amines) is 1. The zero-order valence-corrected chi connectivity index (χ0v) is 13.0. The molecule has 120 valence electrons. The number of aliphatic hydroxyl groups excluding tert-OH is 1. The van der Waals surface area contributed by atoms with Gasteiger partial charge in [-0.2, -0.15) is 0 Å². The van der Waals surface area contributed by atoms with Gasteiger partial charge in [0.25, 0.3) is 0 Å². The molecule has 0 spiro atoms. The first kappa shape index (κ1) is 15.6. The predicted molar refractivity (Wildman–Crippen MR) is 87.8 cm³/mol. The van der Waals surface area contributed by atoms with Crippen molar-refractivity contribution in [2.75, 3.05) is 13.2 Å². The number of rotatable bonds is 4. The molecule has 0 aromatic heterocycles. The first-order chi connectivity index (χ1) is 11.3. The van der Waals surface area contributed by atoms with Gasteiger partial charge in [-0.25, -0.2) is 4.79 Å². The summed E-state index contributed by atoms with van der Waals surface area (Å²) >= 11 is 0. The van der Waals surface area contributed by atoms with Crippen LogP contribution in [0, 0.1) is 0 Å². The molecule has 1 unspecified atom stereocenters. The van der Waals surface area contributed by atoms with Gasteiger partial charge in [0.15, 0.2) is 0 Å². The van der Waals surface area contributed by atoms with E-state index in [-0.39, 0.29) is 19.3 Å². The maximum Gasteiger partial charge on any atom is 0.410 e. The van der Waals surface area contributed by atoms with Crippen molar-refractivity contribution in [3.8, 4) is 0 Å². The van der Waals surface area contributed by atoms with Crippen LogP contribution < -0.4 is 0 Å². The number of amides is 1. The molecule has 3 rings (SSSR count). The van der Waals surface area contributed by atoms with E-state index in [2.05, 4.69) is 0 Å². The van der Waals surface area contributed by atoms with Gasteiger partial charge in [0.05, 0.1) is 12.1 Å². The zero-order chi connectivity index (χ0) is 16.1. The van der Waals surface area contributed by atoms with Crippen LogP contribution in [0.3, 0.4) is 0 Å². The molecular weight excluding hydrogens is 290 g/mol. The van der Waals surface area contributed by atoms with Crippen molar-refractivity contribution in [2.45, 2.75) is 25.0 Å². The summed E-state index contributed by atoms with van der Waals surface area (Å²) in [6.45, 7) is 0.743. The highest BCUT2D eigenvalue weighted by Gasteiger charge is 2.45. The highest BCUT2D eigenvalue weighted by Crippen LogP contribution is 2.39. The van der Waals surface area contributed by atoms with E-state index in [0.29, 0.717) is 6.54 Å². The van der Waals surface area contributed by atoms with Crippen molar-refractivity contribution < 1.29 is 14.6 Å². The van der Waals surface area contributed by atoms with E-state index in [1.165, 1.54) is 0 Å². The van der Waals surface area contributed by atoms with E-state index in [4.69, 9.17) is 4.74 Å². The Kier molecular flexibility index (Phi) is 4.63. The molecule has 23 heavy (non-hydrogen) atoms. The summed E-state index contributed by atoms with van der Waals surface area (Å²) < 4.78 is 5.47. The van der Waals surface area contributed by atoms with Gasteiger partial charge in [-0.05, 0) is 24.0 Å². The average Bonchev–Trinajstić information content (AvgIpc) is 3.07. The predicted octanol–water partition coefficient (Wildman–Crippen LogP) is 3.31. The van der Waals surface area contributed by atoms with Gasteiger partial charge >= 0.3 is 6.09 Å². The van der Waals surface area contributed by atoms with Crippen molar-refractivity contribution in [3.63, 3.8) is 0 Å². The van der Waals surface area contributed by atoms with Gasteiger partial charge in [0.1, 0.15) is 6.61 Å². The molecule has 2 aromatic carbocycles. The minimum absolute atomic E-state index is 0.0998. The molecule has 1 saturated heterocycles. The van der Waals surface area contributed by atoms with Crippen molar-refractivity contribution in [1.82, 2.24) is 4.90 Å². The van der Waals surface area contributed by atoms with E-state index >= 15 is 0 Å². The number of hydrogen-bond acceptors (Lipinski definition) is 3. The normalized spacial score (nSPS) is 20.5. The number of aliphatic hydroxyl groups is 1. The Labute approximate surface area is 136 Å². The maximum absolute atomic E-state index is 12.6. The lowest BCUT2D eigenvalue weighted by Gasteiger charge is -2.36. The smallest absolute Gasteiger partial charge is 0.410 e. The summed E-state index contributed by atoms with van der Waals surface area (Å²) in [4.78, 5) is 14.2. The third kappa shape index (κ3) is 3.08. The summed E-state index contributed by atoms with van der Waals surface area (Å²) in [6, 6.07) is 19.3. The van der Waals surface area contributed by atoms with Crippen LogP contribution in [-0.4, -0.2) is 29.3 Å². The van der Waals surface area contributed by atoms with Crippen LogP contribution in [-0.2, 0) is 16.9 Å². The number of carbonyl (C=O) groups excluding carboxylic acids is 1. The fourth-order valence-electron chi connectivity index (χ4n) is 3.25. The van der Waals surface area contributed by atoms with Crippen LogP contribution in [0.15, 0.2) is 60.7 Å². The Morgan fingerprint density at radius 3 is 2.39 bits per heavy atom. The standard InChI is InChI=1S/C19H21NO3/c21-15-19(17-10-5-2-6-11-17)12-7-13-20(19)18(22)23-14-16-8-3-1-4-9-16/h1-6,8-11,21H,7,12-15H2. The largest absolute Gasteiger partial charge is 0.445 e. The van der Waals surface area contributed by atoms with Crippen molar-refractivity contribution in [1.29, 1.82) is 0 Å². The summed E-state index contributed by atoms with van der Waals surface area (Å²) in [5.41, 5.74) is 1.24. The summed E-state index contributed by atoms with van der Waals surface area (Å²) in [6.07, 6.45) is 1.23. The van der Waals surface area contributed by atoms with Crippen molar-refractivity contribution in [3.05, 3.63) is 71.8 Å². The van der Waals surface area contributed by atoms with Gasteiger partial charge in [0, 0.05) is 6.54 Å². The Morgan fingerprint density at radius 1 is 1.09 bits per heavy atom. The molecule has 2 aromatic rings. The lowest BCUT2D eigenvalue weighted by Crippen LogP contribution is -2.47. The monoisotopic (exact) mass is 311 g/mol. The molecule has 4 nitrogen and oxygen atoms in total. The van der Waals surface area contributed by atoms with E-state index in [1.54, 1.807) is 4.90 Å². The lowest BCUT2D eigenvalue weighted by atomic mass is 9.88. The van der Waals surface area contributed by atoms with E-state index in [1.807, 2.05) is 60.7 Å². The fourth-order valence-corrected chi connectivity index (χ4v) is 3.25. The van der Waals surface area contributed by atoms with E-state index in [0.717, 1.165) is 24.0 Å². The van der Waals surface area contributed by atoms with Gasteiger partial charge in [-0.3, -0.25) is 4.90 Å². The second kappa shape index (κ2) is 6.84. The zero-order valence-electron chi connectivity index (χ0n) is 13.0. The van der Waals surface area contributed by atoms with Crippen molar-refractivity contribution >= 4 is 6.09 Å². The molecule has 1 fully saturated rings. The number of nitrogens with zero attached hydrogens (tertiary/aromatic N) is 1. The number of ether oxygens (including phenoxy) is 1. The number of benzene rings is 2. The molecule has 4 heteroatoms. The second-order valence-electron chi connectivity index (χ2n) is 5.85. The van der Waals surface area contributed by atoms with Gasteiger partial charge < -0.3 is 9.84 Å². The van der Waals surface area contributed by atoms with Gasteiger partial charge in [-0.15, -0.1) is 0 Å². The van der Waals surface area contributed by atoms with Crippen LogP contribution >= 0.6 is 0 Å². The Morgan fingerprint density at radius 2 is 1.74 bits per heavy atom. The first-order valence-electron chi connectivity index (χ1n) is 7.91. The Hall–Kier alpha value is -2.33. The third-order valence-electron chi connectivity index (χ3n) is 4.49. The molecule has 1 aliphatic rings. The maximum atomic E-state index is 12.6. The van der Waals surface area contributed by atoms with Crippen LogP contribution in [0.4, 0.5) is 4.79 Å². The molecule has 0 aliphatic carbocycles. The quantitative estimate of drug-likeness (QED) is 0.942. The van der Waals surface area contributed by atoms with Crippen LogP contribution in [0.25, 0.3) is 0 Å². The van der Waals surface area contributed by atoms with Crippen molar-refractivity contribution in [2.24, 2.45) is 0 Å². The Bertz CT molecular complexity index is 644. The molecule has 1 amide bonds. The SMILES string of the molecule is O=C(OCc1ccccc1)N1CCCC1(CO)c1ccccc1. The molecular formula is C19H21NO3. The van der Waals surface area contributed by atoms with Crippen LogP contribution in [0.1, 0.15) is 24.0 Å². The summed E-state index contributed by atoms with van der Waals surface area (Å²) in [5.74, 6) is 0. The molecule has 0 bridgehead atoms. The molecule has 0 radical (unpaired) electrons. The van der Waals surface area contributed by atoms with Crippen LogP contribution in [0.5, 0.6) is 0 Å². The molecule has 1 N–H and O–H groups in total. The molecule has 1 atom stereocenters. The lowest BCUT2D eigenvalue weighted by molar-refractivity contribution is 0.0353. The fraction of sp³-hybridized carbons (Fsp3) is 0.316. The highest BCUT2D eigenvalue weighted by molar-refractivity contribution is 5.70. The number of hydrogen-bond donors (Lipinski definition) is 1. The van der Waals surface area contributed by atoms with E-state index in [9.17, 15) is 9.90 Å². The summed E-state index contributed by atoms with van der Waals surface area (Å²) in [7, 11) is 0. The average molecular weight is 311 g/mol. The van der Waals surface area contributed by atoms with E-state index < -0.39 is 5.54 Å². The molecule has 0 saturated carbocycles. The minimum Gasteiger partial charge on any atom is -0.445 e. The first-order valence-corrected chi connectivity index (χ1v) is 7.91. The second-order valence-corrected chi connectivity index (χ2v) is 5.85. The number of carbonyl (C=O) groups is 1. The van der Waals surface area contributed by atoms with Crippen LogP contribution in [0.2, 0.25) is 0 Å². The Balaban J connectivity index is 1.76. The van der Waals surface area contributed by atoms with Gasteiger partial charge in [0.2, 0.25) is 0 Å². The molecule has 1 aliphatic heterocycles. The highest BCUT2D eigenvalue weighted by atomic mass is 16.6. The topological polar surface area (TPSA) is 49.8 Å². The summed E-state index contributed by atoms with van der Waals surface area (Å²) in [5, 5.41) is 10.0. The third-order valence-corrected chi connectivity index (χ3v) is 4.49. The minimum atomic E-state index is -0.672.